The van der Waals surface area contributed by atoms with E-state index in [1.54, 1.807) is 0 Å². The monoisotopic (exact) mass is 276 g/mol. The van der Waals surface area contributed by atoms with Crippen LogP contribution in [0.5, 0.6) is 0 Å². The van der Waals surface area contributed by atoms with E-state index >= 15 is 0 Å². The Labute approximate surface area is 101 Å². The van der Waals surface area contributed by atoms with Gasteiger partial charge in [0.1, 0.15) is 0 Å². The summed E-state index contributed by atoms with van der Waals surface area (Å²) >= 11 is 3.40. The molecule has 0 aliphatic carbocycles. The first-order valence-corrected chi connectivity index (χ1v) is 6.26. The van der Waals surface area contributed by atoms with Crippen molar-refractivity contribution in [2.45, 2.75) is 37.1 Å². The fourth-order valence-electron chi connectivity index (χ4n) is 2.06. The lowest BCUT2D eigenvalue weighted by Crippen LogP contribution is -2.45. The average Bonchev–Trinajstić information content (AvgIpc) is 2.49. The van der Waals surface area contributed by atoms with Gasteiger partial charge in [-0.1, -0.05) is 15.9 Å². The minimum Gasteiger partial charge on any atom is -0.343 e. The van der Waals surface area contributed by atoms with E-state index in [-0.39, 0.29) is 5.91 Å². The number of hydrogen-bond acceptors (Lipinski definition) is 2. The fraction of sp³-hybridized carbons (Fsp3) is 0.909. The molecule has 15 heavy (non-hydrogen) atoms. The molecule has 1 aliphatic rings. The van der Waals surface area contributed by atoms with Crippen molar-refractivity contribution in [3.63, 3.8) is 0 Å². The lowest BCUT2D eigenvalue weighted by Gasteiger charge is -2.29. The Morgan fingerprint density at radius 3 is 2.60 bits per heavy atom. The summed E-state index contributed by atoms with van der Waals surface area (Å²) in [6, 6.07) is 0.536. The molecule has 1 aliphatic heterocycles. The molecule has 1 atom stereocenters. The van der Waals surface area contributed by atoms with E-state index in [2.05, 4.69) is 27.9 Å². The van der Waals surface area contributed by atoms with Gasteiger partial charge in [0.25, 0.3) is 0 Å². The maximum absolute atomic E-state index is 11.9. The Morgan fingerprint density at radius 2 is 2.20 bits per heavy atom. The highest BCUT2D eigenvalue weighted by Crippen LogP contribution is 2.21. The Hall–Kier alpha value is -0.0900. The molecule has 1 unspecified atom stereocenters. The third-order valence-corrected chi connectivity index (χ3v) is 3.35. The second kappa shape index (κ2) is 4.83. The summed E-state index contributed by atoms with van der Waals surface area (Å²) in [6.07, 6.45) is 2.46. The molecule has 0 radical (unpaired) electrons. The molecule has 88 valence electrons. The third kappa shape index (κ3) is 3.45. The highest BCUT2D eigenvalue weighted by molar-refractivity contribution is 9.10. The number of halogens is 1. The number of nitrogens with zero attached hydrogens (tertiary/aromatic N) is 2. The van der Waals surface area contributed by atoms with Crippen molar-refractivity contribution in [2.75, 3.05) is 27.2 Å². The topological polar surface area (TPSA) is 23.6 Å². The Morgan fingerprint density at radius 1 is 1.60 bits per heavy atom. The molecule has 1 fully saturated rings. The van der Waals surface area contributed by atoms with Gasteiger partial charge in [0, 0.05) is 19.6 Å². The van der Waals surface area contributed by atoms with E-state index in [4.69, 9.17) is 0 Å². The van der Waals surface area contributed by atoms with Crippen LogP contribution in [0, 0.1) is 0 Å². The van der Waals surface area contributed by atoms with Gasteiger partial charge in [0.15, 0.2) is 0 Å². The van der Waals surface area contributed by atoms with E-state index in [1.807, 2.05) is 25.8 Å². The Bertz CT molecular complexity index is 237. The molecular weight excluding hydrogens is 256 g/mol. The molecule has 1 heterocycles. The first-order chi connectivity index (χ1) is 6.82. The van der Waals surface area contributed by atoms with E-state index in [0.717, 1.165) is 13.1 Å². The molecule has 1 saturated heterocycles. The maximum atomic E-state index is 11.9. The zero-order chi connectivity index (χ0) is 11.6. The van der Waals surface area contributed by atoms with Crippen LogP contribution in [0.4, 0.5) is 0 Å². The first-order valence-electron chi connectivity index (χ1n) is 5.47. The number of likely N-dealkylation sites (tertiary alicyclic amines) is 1. The van der Waals surface area contributed by atoms with Crippen LogP contribution >= 0.6 is 15.9 Å². The molecule has 4 heteroatoms. The molecule has 0 N–H and O–H groups in total. The molecule has 1 amide bonds. The summed E-state index contributed by atoms with van der Waals surface area (Å²) in [5.74, 6) is 0.155. The highest BCUT2D eigenvalue weighted by atomic mass is 79.9. The summed E-state index contributed by atoms with van der Waals surface area (Å²) in [6.45, 7) is 5.78. The number of rotatable bonds is 3. The Kier molecular flexibility index (Phi) is 4.18. The Balaban J connectivity index is 2.48. The number of likely N-dealkylation sites (N-methyl/N-ethyl adjacent to an activating group) is 2. The summed E-state index contributed by atoms with van der Waals surface area (Å²) in [5.41, 5.74) is 0. The quantitative estimate of drug-likeness (QED) is 0.733. The normalized spacial score (nSPS) is 23.1. The van der Waals surface area contributed by atoms with Crippen molar-refractivity contribution >= 4 is 21.8 Å². The van der Waals surface area contributed by atoms with Crippen molar-refractivity contribution in [2.24, 2.45) is 0 Å². The largest absolute Gasteiger partial charge is 0.343 e. The van der Waals surface area contributed by atoms with Gasteiger partial charge in [-0.3, -0.25) is 4.79 Å². The molecule has 0 aromatic heterocycles. The minimum atomic E-state index is -0.446. The predicted molar refractivity (Wildman–Crippen MR) is 66.3 cm³/mol. The van der Waals surface area contributed by atoms with Gasteiger partial charge in [-0.25, -0.2) is 0 Å². The van der Waals surface area contributed by atoms with E-state index < -0.39 is 4.32 Å². The van der Waals surface area contributed by atoms with Crippen LogP contribution in [0.15, 0.2) is 0 Å². The molecule has 0 aromatic rings. The van der Waals surface area contributed by atoms with Gasteiger partial charge in [0.05, 0.1) is 4.32 Å². The molecule has 0 aromatic carbocycles. The van der Waals surface area contributed by atoms with Crippen molar-refractivity contribution < 1.29 is 4.79 Å². The highest BCUT2D eigenvalue weighted by Gasteiger charge is 2.30. The van der Waals surface area contributed by atoms with Crippen LogP contribution in [-0.2, 0) is 4.79 Å². The predicted octanol–water partition coefficient (Wildman–Crippen LogP) is 1.71. The zero-order valence-corrected chi connectivity index (χ0v) is 11.7. The van der Waals surface area contributed by atoms with Gasteiger partial charge in [0.2, 0.25) is 5.91 Å². The van der Waals surface area contributed by atoms with Gasteiger partial charge >= 0.3 is 0 Å². The third-order valence-electron chi connectivity index (χ3n) is 3.01. The molecule has 3 nitrogen and oxygen atoms in total. The van der Waals surface area contributed by atoms with Crippen LogP contribution < -0.4 is 0 Å². The average molecular weight is 277 g/mol. The fourth-order valence-corrected chi connectivity index (χ4v) is 2.37. The first kappa shape index (κ1) is 13.0. The molecule has 1 rings (SSSR count). The SMILES string of the molecule is CN(CC1CCCN1C)C(=O)C(C)(C)Br. The van der Waals surface area contributed by atoms with Crippen LogP contribution in [-0.4, -0.2) is 53.3 Å². The maximum Gasteiger partial charge on any atom is 0.238 e. The number of hydrogen-bond donors (Lipinski definition) is 0. The van der Waals surface area contributed by atoms with Crippen LogP contribution in [0.25, 0.3) is 0 Å². The number of alkyl halides is 1. The molecule has 0 bridgehead atoms. The van der Waals surface area contributed by atoms with E-state index in [0.29, 0.717) is 6.04 Å². The summed E-state index contributed by atoms with van der Waals surface area (Å²) in [7, 11) is 4.02. The lowest BCUT2D eigenvalue weighted by molar-refractivity contribution is -0.132. The summed E-state index contributed by atoms with van der Waals surface area (Å²) in [4.78, 5) is 16.1. The van der Waals surface area contributed by atoms with Crippen molar-refractivity contribution in [3.05, 3.63) is 0 Å². The van der Waals surface area contributed by atoms with Crippen LogP contribution in [0.3, 0.4) is 0 Å². The second-order valence-electron chi connectivity index (χ2n) is 4.93. The van der Waals surface area contributed by atoms with Gasteiger partial charge in [-0.15, -0.1) is 0 Å². The minimum absolute atomic E-state index is 0.155. The van der Waals surface area contributed by atoms with Crippen molar-refractivity contribution in [1.82, 2.24) is 9.80 Å². The number of carbonyl (C=O) groups excluding carboxylic acids is 1. The zero-order valence-electron chi connectivity index (χ0n) is 10.1. The number of amides is 1. The van der Waals surface area contributed by atoms with Gasteiger partial charge < -0.3 is 9.80 Å². The molecule has 0 saturated carbocycles. The summed E-state index contributed by atoms with van der Waals surface area (Å²) in [5, 5.41) is 0. The van der Waals surface area contributed by atoms with E-state index in [1.165, 1.54) is 12.8 Å². The molecular formula is C11H21BrN2O. The van der Waals surface area contributed by atoms with Gasteiger partial charge in [-0.05, 0) is 40.3 Å². The van der Waals surface area contributed by atoms with E-state index in [9.17, 15) is 4.79 Å². The summed E-state index contributed by atoms with van der Waals surface area (Å²) < 4.78 is -0.446. The lowest BCUT2D eigenvalue weighted by atomic mass is 10.1. The second-order valence-corrected chi connectivity index (χ2v) is 6.92. The number of carbonyl (C=O) groups is 1. The smallest absolute Gasteiger partial charge is 0.238 e. The molecule has 0 spiro atoms. The van der Waals surface area contributed by atoms with Gasteiger partial charge in [-0.2, -0.15) is 0 Å². The van der Waals surface area contributed by atoms with Crippen LogP contribution in [0.2, 0.25) is 0 Å². The van der Waals surface area contributed by atoms with Crippen molar-refractivity contribution in [1.29, 1.82) is 0 Å². The van der Waals surface area contributed by atoms with Crippen molar-refractivity contribution in [3.8, 4) is 0 Å². The van der Waals surface area contributed by atoms with Crippen LogP contribution in [0.1, 0.15) is 26.7 Å². The standard InChI is InChI=1S/C11H21BrN2O/c1-11(2,12)10(15)14(4)8-9-6-5-7-13(9)3/h9H,5-8H2,1-4H3.